The van der Waals surface area contributed by atoms with Gasteiger partial charge in [0.05, 0.1) is 12.2 Å². The first kappa shape index (κ1) is 17.5. The second-order valence-electron chi connectivity index (χ2n) is 5.69. The molecule has 0 fully saturated rings. The number of aliphatic hydroxyl groups excluding tert-OH is 1. The number of aliphatic hydroxyl groups is 1. The van der Waals surface area contributed by atoms with Crippen LogP contribution in [0, 0.1) is 0 Å². The molecular weight excluding hydrogens is 310 g/mol. The number of thiophene rings is 1. The van der Waals surface area contributed by atoms with E-state index in [1.54, 1.807) is 11.3 Å². The van der Waals surface area contributed by atoms with Gasteiger partial charge in [0.2, 0.25) is 5.91 Å². The molecule has 0 aliphatic carbocycles. The van der Waals surface area contributed by atoms with E-state index >= 15 is 0 Å². The van der Waals surface area contributed by atoms with Gasteiger partial charge in [-0.25, -0.2) is 0 Å². The van der Waals surface area contributed by atoms with Crippen LogP contribution in [0.5, 0.6) is 5.75 Å². The van der Waals surface area contributed by atoms with Crippen LogP contribution < -0.4 is 10.1 Å². The summed E-state index contributed by atoms with van der Waals surface area (Å²) in [6.45, 7) is 4.11. The highest BCUT2D eigenvalue weighted by Gasteiger charge is 2.11. The van der Waals surface area contributed by atoms with Crippen molar-refractivity contribution in [1.29, 1.82) is 0 Å². The zero-order chi connectivity index (χ0) is 16.7. The van der Waals surface area contributed by atoms with Crippen LogP contribution in [-0.4, -0.2) is 23.7 Å². The molecule has 1 aromatic heterocycles. The summed E-state index contributed by atoms with van der Waals surface area (Å²) in [6, 6.07) is 9.36. The van der Waals surface area contributed by atoms with Crippen molar-refractivity contribution in [3.8, 4) is 5.75 Å². The summed E-state index contributed by atoms with van der Waals surface area (Å²) in [5.41, 5.74) is 1.91. The monoisotopic (exact) mass is 333 g/mol. The molecule has 0 aliphatic rings. The van der Waals surface area contributed by atoms with Gasteiger partial charge in [0.25, 0.3) is 0 Å². The topological polar surface area (TPSA) is 58.6 Å². The highest BCUT2D eigenvalue weighted by molar-refractivity contribution is 7.07. The molecule has 0 aliphatic heterocycles. The van der Waals surface area contributed by atoms with Crippen molar-refractivity contribution in [2.45, 2.75) is 38.9 Å². The van der Waals surface area contributed by atoms with E-state index in [0.29, 0.717) is 6.42 Å². The van der Waals surface area contributed by atoms with Gasteiger partial charge in [-0.15, -0.1) is 0 Å². The summed E-state index contributed by atoms with van der Waals surface area (Å²) < 4.78 is 5.61. The maximum absolute atomic E-state index is 11.8. The lowest BCUT2D eigenvalue weighted by molar-refractivity contribution is -0.121. The van der Waals surface area contributed by atoms with Crippen LogP contribution in [0.3, 0.4) is 0 Å². The van der Waals surface area contributed by atoms with Crippen molar-refractivity contribution in [1.82, 2.24) is 5.32 Å². The van der Waals surface area contributed by atoms with Crippen molar-refractivity contribution in [3.05, 3.63) is 52.2 Å². The second kappa shape index (κ2) is 8.70. The maximum Gasteiger partial charge on any atom is 0.220 e. The minimum atomic E-state index is -0.740. The van der Waals surface area contributed by atoms with E-state index in [0.717, 1.165) is 17.7 Å². The van der Waals surface area contributed by atoms with Gasteiger partial charge in [-0.2, -0.15) is 11.3 Å². The standard InChI is InChI=1S/C18H23NO3S/c1-13(2)22-16-5-3-4-15(10-16)17(20)11-19-18(21)7-6-14-8-9-23-12-14/h3-5,8-10,12-13,17,20H,6-7,11H2,1-2H3,(H,19,21)/t17-/m1/s1. The zero-order valence-electron chi connectivity index (χ0n) is 13.5. The molecule has 5 heteroatoms. The normalized spacial score (nSPS) is 12.2. The van der Waals surface area contributed by atoms with E-state index in [1.807, 2.05) is 54.9 Å². The van der Waals surface area contributed by atoms with Crippen molar-refractivity contribution < 1.29 is 14.6 Å². The SMILES string of the molecule is CC(C)Oc1cccc([C@H](O)CNC(=O)CCc2ccsc2)c1. The van der Waals surface area contributed by atoms with Gasteiger partial charge in [0, 0.05) is 13.0 Å². The van der Waals surface area contributed by atoms with Gasteiger partial charge in [-0.3, -0.25) is 4.79 Å². The number of benzene rings is 1. The Morgan fingerprint density at radius 3 is 2.87 bits per heavy atom. The van der Waals surface area contributed by atoms with E-state index in [-0.39, 0.29) is 18.6 Å². The fraction of sp³-hybridized carbons (Fsp3) is 0.389. The van der Waals surface area contributed by atoms with Gasteiger partial charge < -0.3 is 15.2 Å². The molecule has 0 saturated heterocycles. The molecule has 1 aromatic carbocycles. The molecule has 0 radical (unpaired) electrons. The highest BCUT2D eigenvalue weighted by Crippen LogP contribution is 2.20. The van der Waals surface area contributed by atoms with Crippen molar-refractivity contribution in [3.63, 3.8) is 0 Å². The first-order chi connectivity index (χ1) is 11.0. The molecular formula is C18H23NO3S. The number of ether oxygens (including phenoxy) is 1. The Bertz CT molecular complexity index is 610. The van der Waals surface area contributed by atoms with Crippen LogP contribution in [0.2, 0.25) is 0 Å². The first-order valence-corrected chi connectivity index (χ1v) is 8.71. The number of rotatable bonds is 8. The molecule has 4 nitrogen and oxygen atoms in total. The van der Waals surface area contributed by atoms with Gasteiger partial charge in [0.15, 0.2) is 0 Å². The lowest BCUT2D eigenvalue weighted by atomic mass is 10.1. The molecule has 1 atom stereocenters. The van der Waals surface area contributed by atoms with Crippen LogP contribution >= 0.6 is 11.3 Å². The summed E-state index contributed by atoms with van der Waals surface area (Å²) in [7, 11) is 0. The van der Waals surface area contributed by atoms with Gasteiger partial charge in [-0.05, 0) is 60.4 Å². The van der Waals surface area contributed by atoms with E-state index in [2.05, 4.69) is 5.32 Å². The molecule has 0 spiro atoms. The summed E-state index contributed by atoms with van der Waals surface area (Å²) in [6.07, 6.45) is 0.498. The lowest BCUT2D eigenvalue weighted by Crippen LogP contribution is -2.28. The molecule has 1 heterocycles. The summed E-state index contributed by atoms with van der Waals surface area (Å²) >= 11 is 1.63. The largest absolute Gasteiger partial charge is 0.491 e. The molecule has 2 aromatic rings. The van der Waals surface area contributed by atoms with Crippen LogP contribution in [0.25, 0.3) is 0 Å². The number of aryl methyl sites for hydroxylation is 1. The van der Waals surface area contributed by atoms with Crippen LogP contribution in [0.15, 0.2) is 41.1 Å². The lowest BCUT2D eigenvalue weighted by Gasteiger charge is -2.15. The average molecular weight is 333 g/mol. The Morgan fingerprint density at radius 1 is 1.35 bits per heavy atom. The Morgan fingerprint density at radius 2 is 2.17 bits per heavy atom. The number of carbonyl (C=O) groups is 1. The van der Waals surface area contributed by atoms with E-state index in [1.165, 1.54) is 5.56 Å². The fourth-order valence-corrected chi connectivity index (χ4v) is 2.88. The third kappa shape index (κ3) is 6.04. The second-order valence-corrected chi connectivity index (χ2v) is 6.47. The van der Waals surface area contributed by atoms with E-state index in [4.69, 9.17) is 4.74 Å². The third-order valence-electron chi connectivity index (χ3n) is 3.33. The highest BCUT2D eigenvalue weighted by atomic mass is 32.1. The fourth-order valence-electron chi connectivity index (χ4n) is 2.18. The molecule has 1 amide bonds. The number of carbonyl (C=O) groups excluding carboxylic acids is 1. The predicted molar refractivity (Wildman–Crippen MR) is 92.8 cm³/mol. The Hall–Kier alpha value is -1.85. The van der Waals surface area contributed by atoms with Gasteiger partial charge >= 0.3 is 0 Å². The minimum Gasteiger partial charge on any atom is -0.491 e. The third-order valence-corrected chi connectivity index (χ3v) is 4.06. The van der Waals surface area contributed by atoms with Gasteiger partial charge in [-0.1, -0.05) is 12.1 Å². The quantitative estimate of drug-likeness (QED) is 0.779. The number of amides is 1. The molecule has 2 N–H and O–H groups in total. The molecule has 0 saturated carbocycles. The van der Waals surface area contributed by atoms with E-state index < -0.39 is 6.10 Å². The van der Waals surface area contributed by atoms with Crippen molar-refractivity contribution in [2.24, 2.45) is 0 Å². The smallest absolute Gasteiger partial charge is 0.220 e. The molecule has 0 unspecified atom stereocenters. The zero-order valence-corrected chi connectivity index (χ0v) is 14.3. The summed E-state index contributed by atoms with van der Waals surface area (Å²) in [5, 5.41) is 17.0. The molecule has 23 heavy (non-hydrogen) atoms. The number of hydrogen-bond donors (Lipinski definition) is 2. The van der Waals surface area contributed by atoms with Crippen molar-refractivity contribution >= 4 is 17.2 Å². The van der Waals surface area contributed by atoms with Crippen LogP contribution in [-0.2, 0) is 11.2 Å². The molecule has 2 rings (SSSR count). The minimum absolute atomic E-state index is 0.0511. The van der Waals surface area contributed by atoms with Gasteiger partial charge in [0.1, 0.15) is 5.75 Å². The van der Waals surface area contributed by atoms with Crippen LogP contribution in [0.1, 0.15) is 37.5 Å². The average Bonchev–Trinajstić information content (AvgIpc) is 3.03. The van der Waals surface area contributed by atoms with Crippen LogP contribution in [0.4, 0.5) is 0 Å². The Balaban J connectivity index is 1.79. The number of hydrogen-bond acceptors (Lipinski definition) is 4. The number of nitrogens with one attached hydrogen (secondary N) is 1. The van der Waals surface area contributed by atoms with E-state index in [9.17, 15) is 9.90 Å². The van der Waals surface area contributed by atoms with Crippen molar-refractivity contribution in [2.75, 3.05) is 6.54 Å². The maximum atomic E-state index is 11.8. The summed E-state index contributed by atoms with van der Waals surface area (Å²) in [4.78, 5) is 11.8. The molecule has 0 bridgehead atoms. The predicted octanol–water partition coefficient (Wildman–Crippen LogP) is 3.32. The molecule has 124 valence electrons. The summed E-state index contributed by atoms with van der Waals surface area (Å²) in [5.74, 6) is 0.671. The Labute approximate surface area is 141 Å². The first-order valence-electron chi connectivity index (χ1n) is 7.77. The Kier molecular flexibility index (Phi) is 6.62.